The van der Waals surface area contributed by atoms with Crippen molar-refractivity contribution in [3.63, 3.8) is 0 Å². The van der Waals surface area contributed by atoms with Crippen molar-refractivity contribution in [2.24, 2.45) is 0 Å². The van der Waals surface area contributed by atoms with E-state index in [9.17, 15) is 8.42 Å². The minimum absolute atomic E-state index is 0.213. The molecular weight excluding hydrogens is 278 g/mol. The SMILES string of the molecule is CCNCCCN(C)S(=O)(=O)N1CCC(OCC)CC1. The molecule has 0 bridgehead atoms. The normalized spacial score (nSPS) is 18.8. The van der Waals surface area contributed by atoms with Crippen LogP contribution in [0, 0.1) is 0 Å². The maximum Gasteiger partial charge on any atom is 0.281 e. The topological polar surface area (TPSA) is 61.9 Å². The van der Waals surface area contributed by atoms with Crippen LogP contribution < -0.4 is 5.32 Å². The Morgan fingerprint density at radius 2 is 1.95 bits per heavy atom. The summed E-state index contributed by atoms with van der Waals surface area (Å²) in [5, 5.41) is 3.20. The fourth-order valence-electron chi connectivity index (χ4n) is 2.38. The highest BCUT2D eigenvalue weighted by atomic mass is 32.2. The summed E-state index contributed by atoms with van der Waals surface area (Å²) in [5.74, 6) is 0. The maximum atomic E-state index is 12.4. The maximum absolute atomic E-state index is 12.4. The van der Waals surface area contributed by atoms with E-state index < -0.39 is 10.2 Å². The standard InChI is InChI=1S/C13H29N3O3S/c1-4-14-9-6-10-15(3)20(17,18)16-11-7-13(8-12-16)19-5-2/h13-14H,4-12H2,1-3H3. The smallest absolute Gasteiger partial charge is 0.281 e. The third-order valence-electron chi connectivity index (χ3n) is 3.60. The summed E-state index contributed by atoms with van der Waals surface area (Å²) in [6, 6.07) is 0. The predicted molar refractivity (Wildman–Crippen MR) is 80.9 cm³/mol. The molecular formula is C13H29N3O3S. The van der Waals surface area contributed by atoms with Gasteiger partial charge in [-0.15, -0.1) is 0 Å². The van der Waals surface area contributed by atoms with Crippen LogP contribution in [0.25, 0.3) is 0 Å². The summed E-state index contributed by atoms with van der Waals surface area (Å²) in [6.07, 6.45) is 2.63. The van der Waals surface area contributed by atoms with E-state index >= 15 is 0 Å². The summed E-state index contributed by atoms with van der Waals surface area (Å²) < 4.78 is 33.4. The molecule has 1 fully saturated rings. The second kappa shape index (κ2) is 8.94. The van der Waals surface area contributed by atoms with Gasteiger partial charge in [0.1, 0.15) is 0 Å². The summed E-state index contributed by atoms with van der Waals surface area (Å²) >= 11 is 0. The van der Waals surface area contributed by atoms with E-state index in [-0.39, 0.29) is 6.10 Å². The van der Waals surface area contributed by atoms with Gasteiger partial charge in [-0.25, -0.2) is 0 Å². The highest BCUT2D eigenvalue weighted by Crippen LogP contribution is 2.18. The van der Waals surface area contributed by atoms with E-state index in [0.29, 0.717) is 26.2 Å². The van der Waals surface area contributed by atoms with E-state index in [0.717, 1.165) is 32.4 Å². The van der Waals surface area contributed by atoms with Crippen molar-refractivity contribution < 1.29 is 13.2 Å². The van der Waals surface area contributed by atoms with E-state index in [4.69, 9.17) is 4.74 Å². The second-order valence-electron chi connectivity index (χ2n) is 5.09. The molecule has 20 heavy (non-hydrogen) atoms. The van der Waals surface area contributed by atoms with Crippen LogP contribution in [0.15, 0.2) is 0 Å². The number of nitrogens with zero attached hydrogens (tertiary/aromatic N) is 2. The Morgan fingerprint density at radius 3 is 2.50 bits per heavy atom. The highest BCUT2D eigenvalue weighted by molar-refractivity contribution is 7.86. The zero-order chi connectivity index (χ0) is 15.0. The molecule has 7 heteroatoms. The quantitative estimate of drug-likeness (QED) is 0.636. The van der Waals surface area contributed by atoms with Crippen molar-refractivity contribution in [2.75, 3.05) is 46.4 Å². The largest absolute Gasteiger partial charge is 0.378 e. The highest BCUT2D eigenvalue weighted by Gasteiger charge is 2.30. The number of rotatable bonds is 9. The molecule has 0 aromatic rings. The van der Waals surface area contributed by atoms with Gasteiger partial charge < -0.3 is 10.1 Å². The molecule has 1 N–H and O–H groups in total. The van der Waals surface area contributed by atoms with Gasteiger partial charge in [-0.1, -0.05) is 6.92 Å². The molecule has 120 valence electrons. The Balaban J connectivity index is 2.40. The second-order valence-corrected chi connectivity index (χ2v) is 7.13. The first kappa shape index (κ1) is 17.8. The summed E-state index contributed by atoms with van der Waals surface area (Å²) in [4.78, 5) is 0. The minimum Gasteiger partial charge on any atom is -0.378 e. The van der Waals surface area contributed by atoms with E-state index in [1.807, 2.05) is 13.8 Å². The molecule has 0 spiro atoms. The summed E-state index contributed by atoms with van der Waals surface area (Å²) in [6.45, 7) is 8.16. The molecule has 0 saturated carbocycles. The molecule has 0 aromatic heterocycles. The van der Waals surface area contributed by atoms with Gasteiger partial charge in [0.15, 0.2) is 0 Å². The molecule has 0 aliphatic carbocycles. The average molecular weight is 307 g/mol. The Labute approximate surface area is 123 Å². The van der Waals surface area contributed by atoms with E-state index in [1.54, 1.807) is 11.4 Å². The van der Waals surface area contributed by atoms with Gasteiger partial charge in [0, 0.05) is 33.3 Å². The number of piperidine rings is 1. The Kier molecular flexibility index (Phi) is 7.98. The van der Waals surface area contributed by atoms with Crippen molar-refractivity contribution in [3.05, 3.63) is 0 Å². The van der Waals surface area contributed by atoms with Gasteiger partial charge in [0.05, 0.1) is 6.10 Å². The lowest BCUT2D eigenvalue weighted by molar-refractivity contribution is 0.0282. The van der Waals surface area contributed by atoms with Crippen molar-refractivity contribution in [2.45, 2.75) is 39.2 Å². The molecule has 0 atom stereocenters. The molecule has 1 heterocycles. The lowest BCUT2D eigenvalue weighted by Crippen LogP contribution is -2.47. The van der Waals surface area contributed by atoms with Crippen LogP contribution in [-0.4, -0.2) is 69.5 Å². The number of hydrogen-bond acceptors (Lipinski definition) is 4. The summed E-state index contributed by atoms with van der Waals surface area (Å²) in [7, 11) is -1.64. The minimum atomic E-state index is -3.30. The molecule has 6 nitrogen and oxygen atoms in total. The zero-order valence-electron chi connectivity index (χ0n) is 13.0. The molecule has 1 aliphatic rings. The Hall–Kier alpha value is -0.210. The number of hydrogen-bond donors (Lipinski definition) is 1. The van der Waals surface area contributed by atoms with Crippen LogP contribution in [0.4, 0.5) is 0 Å². The predicted octanol–water partition coefficient (Wildman–Crippen LogP) is 0.664. The Morgan fingerprint density at radius 1 is 1.30 bits per heavy atom. The van der Waals surface area contributed by atoms with Gasteiger partial charge in [0.2, 0.25) is 0 Å². The number of ether oxygens (including phenoxy) is 1. The average Bonchev–Trinajstić information content (AvgIpc) is 2.44. The Bertz CT molecular complexity index is 354. The fraction of sp³-hybridized carbons (Fsp3) is 1.00. The lowest BCUT2D eigenvalue weighted by Gasteiger charge is -2.33. The van der Waals surface area contributed by atoms with Gasteiger partial charge in [-0.2, -0.15) is 17.0 Å². The molecule has 1 aliphatic heterocycles. The van der Waals surface area contributed by atoms with Crippen molar-refractivity contribution in [3.8, 4) is 0 Å². The monoisotopic (exact) mass is 307 g/mol. The van der Waals surface area contributed by atoms with Crippen LogP contribution in [0.3, 0.4) is 0 Å². The first-order chi connectivity index (χ1) is 9.52. The van der Waals surface area contributed by atoms with Crippen molar-refractivity contribution in [1.82, 2.24) is 13.9 Å². The van der Waals surface area contributed by atoms with Crippen LogP contribution in [-0.2, 0) is 14.9 Å². The summed E-state index contributed by atoms with van der Waals surface area (Å²) in [5.41, 5.74) is 0. The van der Waals surface area contributed by atoms with Gasteiger partial charge in [-0.05, 0) is 39.3 Å². The van der Waals surface area contributed by atoms with E-state index in [1.165, 1.54) is 4.31 Å². The van der Waals surface area contributed by atoms with Gasteiger partial charge in [-0.3, -0.25) is 0 Å². The number of nitrogens with one attached hydrogen (secondary N) is 1. The molecule has 0 radical (unpaired) electrons. The third-order valence-corrected chi connectivity index (χ3v) is 5.59. The molecule has 1 rings (SSSR count). The van der Waals surface area contributed by atoms with Gasteiger partial charge in [0.25, 0.3) is 10.2 Å². The van der Waals surface area contributed by atoms with Crippen LogP contribution >= 0.6 is 0 Å². The van der Waals surface area contributed by atoms with Crippen LogP contribution in [0.5, 0.6) is 0 Å². The van der Waals surface area contributed by atoms with E-state index in [2.05, 4.69) is 5.32 Å². The molecule has 1 saturated heterocycles. The van der Waals surface area contributed by atoms with Crippen LogP contribution in [0.1, 0.15) is 33.1 Å². The zero-order valence-corrected chi connectivity index (χ0v) is 13.8. The fourth-order valence-corrected chi connectivity index (χ4v) is 3.81. The van der Waals surface area contributed by atoms with Gasteiger partial charge >= 0.3 is 0 Å². The first-order valence-electron chi connectivity index (χ1n) is 7.56. The molecule has 0 amide bonds. The third kappa shape index (κ3) is 5.29. The van der Waals surface area contributed by atoms with Crippen molar-refractivity contribution in [1.29, 1.82) is 0 Å². The molecule has 0 unspecified atom stereocenters. The molecule has 0 aromatic carbocycles. The lowest BCUT2D eigenvalue weighted by atomic mass is 10.1. The van der Waals surface area contributed by atoms with Crippen LogP contribution in [0.2, 0.25) is 0 Å². The van der Waals surface area contributed by atoms with Crippen molar-refractivity contribution >= 4 is 10.2 Å². The first-order valence-corrected chi connectivity index (χ1v) is 8.95.